The molecule has 0 aromatic heterocycles. The molecule has 0 saturated heterocycles. The second kappa shape index (κ2) is 6.11. The van der Waals surface area contributed by atoms with E-state index in [9.17, 15) is 5.11 Å². The highest BCUT2D eigenvalue weighted by Gasteiger charge is 2.15. The number of rotatable bonds is 5. The van der Waals surface area contributed by atoms with Crippen molar-refractivity contribution in [2.75, 3.05) is 6.61 Å². The summed E-state index contributed by atoms with van der Waals surface area (Å²) in [5.74, 6) is 0. The van der Waals surface area contributed by atoms with Crippen LogP contribution in [0.2, 0.25) is 5.02 Å². The Hall–Kier alpha value is -0.570. The van der Waals surface area contributed by atoms with Crippen LogP contribution >= 0.6 is 11.6 Å². The minimum Gasteiger partial charge on any atom is -0.390 e. The van der Waals surface area contributed by atoms with Gasteiger partial charge in [0.15, 0.2) is 0 Å². The molecular formula is C12H17ClO2. The van der Waals surface area contributed by atoms with Crippen LogP contribution in [0.25, 0.3) is 0 Å². The van der Waals surface area contributed by atoms with E-state index in [1.165, 1.54) is 0 Å². The van der Waals surface area contributed by atoms with Crippen LogP contribution in [-0.2, 0) is 11.2 Å². The molecule has 1 rings (SSSR count). The summed E-state index contributed by atoms with van der Waals surface area (Å²) in [6.45, 7) is 4.39. The predicted molar refractivity (Wildman–Crippen MR) is 62.3 cm³/mol. The average molecular weight is 229 g/mol. The summed E-state index contributed by atoms with van der Waals surface area (Å²) >= 11 is 6.00. The van der Waals surface area contributed by atoms with Gasteiger partial charge in [-0.15, -0.1) is 0 Å². The van der Waals surface area contributed by atoms with Gasteiger partial charge in [0.2, 0.25) is 0 Å². The SMILES string of the molecule is CCOC(C)C(O)Cc1ccccc1Cl. The Balaban J connectivity index is 2.58. The number of hydrogen-bond donors (Lipinski definition) is 1. The first kappa shape index (κ1) is 12.5. The minimum atomic E-state index is -0.509. The fourth-order valence-corrected chi connectivity index (χ4v) is 1.64. The second-order valence-corrected chi connectivity index (χ2v) is 3.93. The van der Waals surface area contributed by atoms with Crippen molar-refractivity contribution in [1.29, 1.82) is 0 Å². The molecule has 3 heteroatoms. The maximum Gasteiger partial charge on any atom is 0.0839 e. The molecule has 0 amide bonds. The van der Waals surface area contributed by atoms with E-state index >= 15 is 0 Å². The largest absolute Gasteiger partial charge is 0.390 e. The van der Waals surface area contributed by atoms with Gasteiger partial charge in [0.25, 0.3) is 0 Å². The minimum absolute atomic E-state index is 0.161. The molecular weight excluding hydrogens is 212 g/mol. The molecule has 0 fully saturated rings. The summed E-state index contributed by atoms with van der Waals surface area (Å²) < 4.78 is 5.32. The van der Waals surface area contributed by atoms with Gasteiger partial charge in [-0.2, -0.15) is 0 Å². The van der Waals surface area contributed by atoms with E-state index in [2.05, 4.69) is 0 Å². The van der Waals surface area contributed by atoms with Gasteiger partial charge in [-0.25, -0.2) is 0 Å². The van der Waals surface area contributed by atoms with Gasteiger partial charge in [0.05, 0.1) is 12.2 Å². The number of ether oxygens (including phenoxy) is 1. The van der Waals surface area contributed by atoms with Crippen molar-refractivity contribution in [3.05, 3.63) is 34.9 Å². The summed E-state index contributed by atoms with van der Waals surface area (Å²) in [7, 11) is 0. The Morgan fingerprint density at radius 2 is 2.07 bits per heavy atom. The smallest absolute Gasteiger partial charge is 0.0839 e. The Morgan fingerprint density at radius 1 is 1.40 bits per heavy atom. The van der Waals surface area contributed by atoms with Gasteiger partial charge < -0.3 is 9.84 Å². The standard InChI is InChI=1S/C12H17ClO2/c1-3-15-9(2)12(14)8-10-6-4-5-7-11(10)13/h4-7,9,12,14H,3,8H2,1-2H3. The van der Waals surface area contributed by atoms with E-state index in [1.54, 1.807) is 0 Å². The Kier molecular flexibility index (Phi) is 5.09. The highest BCUT2D eigenvalue weighted by Crippen LogP contribution is 2.18. The van der Waals surface area contributed by atoms with Crippen LogP contribution in [0.4, 0.5) is 0 Å². The quantitative estimate of drug-likeness (QED) is 0.840. The maximum atomic E-state index is 9.84. The van der Waals surface area contributed by atoms with Crippen LogP contribution in [0, 0.1) is 0 Å². The number of hydrogen-bond acceptors (Lipinski definition) is 2. The second-order valence-electron chi connectivity index (χ2n) is 3.52. The fourth-order valence-electron chi connectivity index (χ4n) is 1.43. The van der Waals surface area contributed by atoms with Crippen LogP contribution in [-0.4, -0.2) is 23.9 Å². The van der Waals surface area contributed by atoms with Crippen LogP contribution < -0.4 is 0 Å². The molecule has 0 aliphatic rings. The van der Waals surface area contributed by atoms with E-state index in [0.717, 1.165) is 5.56 Å². The molecule has 1 aromatic rings. The van der Waals surface area contributed by atoms with Gasteiger partial charge in [0, 0.05) is 18.1 Å². The third-order valence-electron chi connectivity index (χ3n) is 2.36. The number of aliphatic hydroxyl groups is 1. The number of halogens is 1. The van der Waals surface area contributed by atoms with Crippen molar-refractivity contribution < 1.29 is 9.84 Å². The molecule has 1 aromatic carbocycles. The van der Waals surface area contributed by atoms with Crippen molar-refractivity contribution in [2.24, 2.45) is 0 Å². The summed E-state index contributed by atoms with van der Waals surface area (Å²) in [6.07, 6.45) is -0.142. The van der Waals surface area contributed by atoms with Crippen LogP contribution in [0.1, 0.15) is 19.4 Å². The molecule has 0 aliphatic heterocycles. The number of aliphatic hydroxyl groups excluding tert-OH is 1. The molecule has 84 valence electrons. The third kappa shape index (κ3) is 3.82. The topological polar surface area (TPSA) is 29.5 Å². The zero-order valence-electron chi connectivity index (χ0n) is 9.11. The van der Waals surface area contributed by atoms with Crippen LogP contribution in [0.15, 0.2) is 24.3 Å². The molecule has 2 unspecified atom stereocenters. The van der Waals surface area contributed by atoms with Gasteiger partial charge in [-0.3, -0.25) is 0 Å². The van der Waals surface area contributed by atoms with E-state index in [-0.39, 0.29) is 6.10 Å². The van der Waals surface area contributed by atoms with Crippen molar-refractivity contribution in [2.45, 2.75) is 32.5 Å². The van der Waals surface area contributed by atoms with Crippen LogP contribution in [0.3, 0.4) is 0 Å². The van der Waals surface area contributed by atoms with Gasteiger partial charge in [0.1, 0.15) is 0 Å². The van der Waals surface area contributed by atoms with Gasteiger partial charge in [-0.05, 0) is 25.5 Å². The summed E-state index contributed by atoms with van der Waals surface area (Å²) in [4.78, 5) is 0. The maximum absolute atomic E-state index is 9.84. The summed E-state index contributed by atoms with van der Waals surface area (Å²) in [5.41, 5.74) is 0.957. The Bertz CT molecular complexity index is 301. The molecule has 2 atom stereocenters. The van der Waals surface area contributed by atoms with Crippen molar-refractivity contribution in [3.63, 3.8) is 0 Å². The molecule has 0 saturated carbocycles. The monoisotopic (exact) mass is 228 g/mol. The fraction of sp³-hybridized carbons (Fsp3) is 0.500. The predicted octanol–water partition coefficient (Wildman–Crippen LogP) is 2.67. The van der Waals surface area contributed by atoms with Crippen molar-refractivity contribution in [1.82, 2.24) is 0 Å². The van der Waals surface area contributed by atoms with E-state index in [1.807, 2.05) is 38.1 Å². The molecule has 0 radical (unpaired) electrons. The number of benzene rings is 1. The molecule has 0 spiro atoms. The molecule has 0 heterocycles. The molecule has 0 bridgehead atoms. The lowest BCUT2D eigenvalue weighted by Crippen LogP contribution is -2.28. The van der Waals surface area contributed by atoms with E-state index < -0.39 is 6.10 Å². The zero-order valence-corrected chi connectivity index (χ0v) is 9.87. The molecule has 2 nitrogen and oxygen atoms in total. The van der Waals surface area contributed by atoms with Crippen LogP contribution in [0.5, 0.6) is 0 Å². The van der Waals surface area contributed by atoms with Gasteiger partial charge >= 0.3 is 0 Å². The molecule has 1 N–H and O–H groups in total. The normalized spacial score (nSPS) is 14.9. The highest BCUT2D eigenvalue weighted by atomic mass is 35.5. The lowest BCUT2D eigenvalue weighted by Gasteiger charge is -2.19. The zero-order chi connectivity index (χ0) is 11.3. The average Bonchev–Trinajstić information content (AvgIpc) is 2.21. The Labute approximate surface area is 95.8 Å². The first-order valence-electron chi connectivity index (χ1n) is 5.18. The van der Waals surface area contributed by atoms with Crippen molar-refractivity contribution >= 4 is 11.6 Å². The highest BCUT2D eigenvalue weighted by molar-refractivity contribution is 6.31. The lowest BCUT2D eigenvalue weighted by atomic mass is 10.0. The van der Waals surface area contributed by atoms with E-state index in [4.69, 9.17) is 16.3 Å². The molecule has 0 aliphatic carbocycles. The Morgan fingerprint density at radius 3 is 2.67 bits per heavy atom. The summed E-state index contributed by atoms with van der Waals surface area (Å²) in [6, 6.07) is 7.54. The lowest BCUT2D eigenvalue weighted by molar-refractivity contribution is -0.0208. The summed E-state index contributed by atoms with van der Waals surface area (Å²) in [5, 5.41) is 10.5. The third-order valence-corrected chi connectivity index (χ3v) is 2.73. The van der Waals surface area contributed by atoms with Crippen molar-refractivity contribution in [3.8, 4) is 0 Å². The van der Waals surface area contributed by atoms with E-state index in [0.29, 0.717) is 18.1 Å². The first-order valence-corrected chi connectivity index (χ1v) is 5.56. The van der Waals surface area contributed by atoms with Gasteiger partial charge in [-0.1, -0.05) is 29.8 Å². The molecule has 15 heavy (non-hydrogen) atoms. The first-order chi connectivity index (χ1) is 7.15.